The molecule has 2 saturated heterocycles. The Balaban J connectivity index is 1.86. The van der Waals surface area contributed by atoms with Crippen LogP contribution in [0.1, 0.15) is 49.3 Å². The molecule has 2 heterocycles. The van der Waals surface area contributed by atoms with Crippen molar-refractivity contribution in [3.8, 4) is 0 Å². The third kappa shape index (κ3) is 4.05. The molecule has 5 nitrogen and oxygen atoms in total. The van der Waals surface area contributed by atoms with Gasteiger partial charge >= 0.3 is 6.18 Å². The fourth-order valence-corrected chi connectivity index (χ4v) is 5.56. The monoisotopic (exact) mass is 392 g/mol. The molecule has 0 radical (unpaired) electrons. The molecule has 146 valence electrons. The second-order valence-corrected chi connectivity index (χ2v) is 8.80. The molecule has 0 bridgehead atoms. The van der Waals surface area contributed by atoms with Gasteiger partial charge in [-0.3, -0.25) is 0 Å². The van der Waals surface area contributed by atoms with Crippen LogP contribution in [0.4, 0.5) is 13.2 Å². The lowest BCUT2D eigenvalue weighted by Crippen LogP contribution is -2.44. The van der Waals surface area contributed by atoms with E-state index in [0.29, 0.717) is 18.7 Å². The Morgan fingerprint density at radius 1 is 1.00 bits per heavy atom. The average molecular weight is 392 g/mol. The van der Waals surface area contributed by atoms with Gasteiger partial charge in [0.1, 0.15) is 0 Å². The number of alkyl halides is 3. The van der Waals surface area contributed by atoms with Crippen molar-refractivity contribution < 1.29 is 26.7 Å². The number of benzene rings is 1. The lowest BCUT2D eigenvalue weighted by Gasteiger charge is -2.30. The lowest BCUT2D eigenvalue weighted by molar-refractivity contribution is -0.137. The van der Waals surface area contributed by atoms with Crippen LogP contribution in [0.3, 0.4) is 0 Å². The number of nitrogens with zero attached hydrogens (tertiary/aromatic N) is 2. The van der Waals surface area contributed by atoms with E-state index in [4.69, 9.17) is 0 Å². The Kier molecular flexibility index (Phi) is 5.62. The molecule has 2 aliphatic heterocycles. The highest BCUT2D eigenvalue weighted by Gasteiger charge is 2.42. The van der Waals surface area contributed by atoms with Gasteiger partial charge in [0.05, 0.1) is 17.7 Å². The number of rotatable bonds is 3. The fourth-order valence-electron chi connectivity index (χ4n) is 3.66. The summed E-state index contributed by atoms with van der Waals surface area (Å²) in [4.78, 5) is 0. The largest absolute Gasteiger partial charge is 0.416 e. The maximum atomic E-state index is 13.1. The standard InChI is InChI=1S/C17H23F3N2O3S/c18-17(19,20)14-7-5-13(6-8-14)16-11-15(23)12-22(16)26(24,25)21-9-3-1-2-4-10-21/h5-8,15-16,23H,1-4,9-12H2/t15-,16-/m0/s1. The molecule has 2 aliphatic rings. The van der Waals surface area contributed by atoms with E-state index in [9.17, 15) is 26.7 Å². The molecule has 0 spiro atoms. The highest BCUT2D eigenvalue weighted by molar-refractivity contribution is 7.86. The summed E-state index contributed by atoms with van der Waals surface area (Å²) in [7, 11) is -3.77. The van der Waals surface area contributed by atoms with Crippen LogP contribution >= 0.6 is 0 Å². The highest BCUT2D eigenvalue weighted by atomic mass is 32.2. The minimum absolute atomic E-state index is 0.0372. The highest BCUT2D eigenvalue weighted by Crippen LogP contribution is 2.37. The molecule has 1 N–H and O–H groups in total. The molecule has 0 amide bonds. The number of hydrogen-bond donors (Lipinski definition) is 1. The van der Waals surface area contributed by atoms with Gasteiger partial charge in [-0.25, -0.2) is 0 Å². The predicted molar refractivity (Wildman–Crippen MR) is 90.5 cm³/mol. The molecule has 1 aromatic carbocycles. The minimum atomic E-state index is -4.44. The van der Waals surface area contributed by atoms with Crippen molar-refractivity contribution in [3.63, 3.8) is 0 Å². The smallest absolute Gasteiger partial charge is 0.392 e. The zero-order valence-electron chi connectivity index (χ0n) is 14.3. The SMILES string of the molecule is O=S(=O)(N1CCCCCC1)N1C[C@@H](O)C[C@H]1c1ccc(C(F)(F)F)cc1. The molecule has 2 fully saturated rings. The second-order valence-electron chi connectivity index (χ2n) is 6.92. The zero-order valence-corrected chi connectivity index (χ0v) is 15.1. The van der Waals surface area contributed by atoms with Crippen molar-refractivity contribution in [1.82, 2.24) is 8.61 Å². The second kappa shape index (κ2) is 7.46. The first-order valence-corrected chi connectivity index (χ1v) is 10.2. The van der Waals surface area contributed by atoms with Gasteiger partial charge in [0.25, 0.3) is 10.2 Å². The Hall–Kier alpha value is -1.16. The van der Waals surface area contributed by atoms with Gasteiger partial charge in [0.2, 0.25) is 0 Å². The molecule has 26 heavy (non-hydrogen) atoms. The normalized spacial score (nSPS) is 26.8. The quantitative estimate of drug-likeness (QED) is 0.861. The van der Waals surface area contributed by atoms with Gasteiger partial charge in [-0.05, 0) is 37.0 Å². The summed E-state index contributed by atoms with van der Waals surface area (Å²) in [6.45, 7) is 0.841. The van der Waals surface area contributed by atoms with E-state index in [1.54, 1.807) is 0 Å². The van der Waals surface area contributed by atoms with Crippen molar-refractivity contribution in [2.24, 2.45) is 0 Å². The van der Waals surface area contributed by atoms with E-state index < -0.39 is 34.1 Å². The Morgan fingerprint density at radius 3 is 2.12 bits per heavy atom. The van der Waals surface area contributed by atoms with Gasteiger partial charge in [-0.15, -0.1) is 0 Å². The van der Waals surface area contributed by atoms with Crippen LogP contribution < -0.4 is 0 Å². The fraction of sp³-hybridized carbons (Fsp3) is 0.647. The third-order valence-electron chi connectivity index (χ3n) is 5.04. The van der Waals surface area contributed by atoms with Crippen molar-refractivity contribution in [2.45, 2.75) is 50.4 Å². The molecule has 0 unspecified atom stereocenters. The lowest BCUT2D eigenvalue weighted by atomic mass is 10.0. The average Bonchev–Trinajstić information content (AvgIpc) is 2.80. The Morgan fingerprint density at radius 2 is 1.58 bits per heavy atom. The predicted octanol–water partition coefficient (Wildman–Crippen LogP) is 2.93. The summed E-state index contributed by atoms with van der Waals surface area (Å²) in [6.07, 6.45) is -1.54. The summed E-state index contributed by atoms with van der Waals surface area (Å²) < 4.78 is 67.1. The summed E-state index contributed by atoms with van der Waals surface area (Å²) in [5.74, 6) is 0. The summed E-state index contributed by atoms with van der Waals surface area (Å²) in [5, 5.41) is 10.0. The molecule has 3 rings (SSSR count). The van der Waals surface area contributed by atoms with Gasteiger partial charge in [0.15, 0.2) is 0 Å². The van der Waals surface area contributed by atoms with Crippen molar-refractivity contribution in [1.29, 1.82) is 0 Å². The van der Waals surface area contributed by atoms with Crippen molar-refractivity contribution in [2.75, 3.05) is 19.6 Å². The maximum Gasteiger partial charge on any atom is 0.416 e. The van der Waals surface area contributed by atoms with Crippen LogP contribution in [-0.4, -0.2) is 47.9 Å². The summed E-state index contributed by atoms with van der Waals surface area (Å²) in [5.41, 5.74) is -0.310. The zero-order chi connectivity index (χ0) is 18.9. The van der Waals surface area contributed by atoms with Crippen LogP contribution in [0.15, 0.2) is 24.3 Å². The Bertz CT molecular complexity index is 714. The van der Waals surface area contributed by atoms with Gasteiger partial charge in [0, 0.05) is 19.6 Å². The van der Waals surface area contributed by atoms with Crippen LogP contribution in [0, 0.1) is 0 Å². The molecule has 0 saturated carbocycles. The van der Waals surface area contributed by atoms with Crippen LogP contribution in [0.25, 0.3) is 0 Å². The van der Waals surface area contributed by atoms with Crippen LogP contribution in [0.5, 0.6) is 0 Å². The van der Waals surface area contributed by atoms with Crippen molar-refractivity contribution >= 4 is 10.2 Å². The number of aliphatic hydroxyl groups excluding tert-OH is 1. The first kappa shape index (κ1) is 19.6. The van der Waals surface area contributed by atoms with Gasteiger partial charge < -0.3 is 5.11 Å². The van der Waals surface area contributed by atoms with E-state index in [1.807, 2.05) is 0 Å². The Labute approximate surface area is 151 Å². The van der Waals surface area contributed by atoms with Crippen LogP contribution in [-0.2, 0) is 16.4 Å². The molecule has 0 aromatic heterocycles. The first-order valence-electron chi connectivity index (χ1n) is 8.82. The molecule has 1 aromatic rings. The van der Waals surface area contributed by atoms with E-state index in [1.165, 1.54) is 20.7 Å². The van der Waals surface area contributed by atoms with Crippen LogP contribution in [0.2, 0.25) is 0 Å². The summed E-state index contributed by atoms with van der Waals surface area (Å²) >= 11 is 0. The third-order valence-corrected chi connectivity index (χ3v) is 7.06. The topological polar surface area (TPSA) is 60.9 Å². The van der Waals surface area contributed by atoms with Crippen molar-refractivity contribution in [3.05, 3.63) is 35.4 Å². The van der Waals surface area contributed by atoms with E-state index in [-0.39, 0.29) is 13.0 Å². The number of aliphatic hydroxyl groups is 1. The molecular formula is C17H23F3N2O3S. The molecular weight excluding hydrogens is 369 g/mol. The first-order chi connectivity index (χ1) is 12.2. The van der Waals surface area contributed by atoms with E-state index in [2.05, 4.69) is 0 Å². The van der Waals surface area contributed by atoms with E-state index >= 15 is 0 Å². The minimum Gasteiger partial charge on any atom is -0.392 e. The van der Waals surface area contributed by atoms with E-state index in [0.717, 1.165) is 37.8 Å². The summed E-state index contributed by atoms with van der Waals surface area (Å²) in [6, 6.07) is 3.86. The number of halogens is 3. The molecule has 9 heteroatoms. The van der Waals surface area contributed by atoms with Gasteiger partial charge in [-0.1, -0.05) is 25.0 Å². The maximum absolute atomic E-state index is 13.1. The molecule has 2 atom stereocenters. The molecule has 0 aliphatic carbocycles. The van der Waals surface area contributed by atoms with Gasteiger partial charge in [-0.2, -0.15) is 30.2 Å². The number of hydrogen-bond acceptors (Lipinski definition) is 3. The number of β-amino-alcohol motifs (C(OH)–C–C–N with tert-alkyl or cyclic N) is 1.